The lowest BCUT2D eigenvalue weighted by atomic mass is 9.99. The minimum absolute atomic E-state index is 0.0299. The number of primary amides is 1. The molecule has 3 aromatic carbocycles. The quantitative estimate of drug-likeness (QED) is 0.109. The van der Waals surface area contributed by atoms with Gasteiger partial charge in [-0.15, -0.1) is 0 Å². The first kappa shape index (κ1) is 51.5. The van der Waals surface area contributed by atoms with Crippen molar-refractivity contribution in [1.82, 2.24) is 46.7 Å². The number of para-hydroxylation sites is 1. The minimum atomic E-state index is -1.43. The fourth-order valence-corrected chi connectivity index (χ4v) is 9.99. The van der Waals surface area contributed by atoms with E-state index in [1.165, 1.54) is 16.7 Å². The Morgan fingerprint density at radius 3 is 2.13 bits per heavy atom. The number of benzene rings is 3. The molecule has 0 radical (unpaired) electrons. The number of H-pyrrole nitrogens is 1. The molecule has 3 aliphatic heterocycles. The smallest absolute Gasteiger partial charge is 0.246 e. The van der Waals surface area contributed by atoms with Crippen LogP contribution in [-0.2, 0) is 56.0 Å². The predicted octanol–water partition coefficient (Wildman–Crippen LogP) is 1.90. The second kappa shape index (κ2) is 24.0. The number of nitrogens with two attached hydrogens (primary N) is 1. The number of amides is 9. The Hall–Kier alpha value is -7.31. The number of aromatic amines is 1. The topological polar surface area (TPSA) is 274 Å². The SMILES string of the molecule is CCCC[C@H](NC(C)=O)C(=O)N[C@H]1CC(=O)NCCCC[C@@H](C(N)=O)NC(=O)[C@H](Cc2c[nH]c3ccccc23)NC(=O)[C@@H]2CCCN2C(=O)[C@@H](Cc2ccc3ccccc3c2)NC(=O)[C@H]2CCCN2C1=O. The van der Waals surface area contributed by atoms with Crippen molar-refractivity contribution in [3.05, 3.63) is 84.1 Å². The summed E-state index contributed by atoms with van der Waals surface area (Å²) in [5.74, 6) is -5.59. The zero-order valence-corrected chi connectivity index (χ0v) is 40.4. The normalized spacial score (nSPS) is 23.7. The van der Waals surface area contributed by atoms with Crippen LogP contribution in [0.2, 0.25) is 0 Å². The molecule has 7 rings (SSSR count). The molecule has 71 heavy (non-hydrogen) atoms. The van der Waals surface area contributed by atoms with Gasteiger partial charge < -0.3 is 52.4 Å². The van der Waals surface area contributed by atoms with Crippen LogP contribution in [-0.4, -0.2) is 130 Å². The largest absolute Gasteiger partial charge is 0.368 e. The number of carbonyl (C=O) groups is 9. The Morgan fingerprint density at radius 1 is 0.746 bits per heavy atom. The molecule has 3 aliphatic rings. The van der Waals surface area contributed by atoms with E-state index in [4.69, 9.17) is 5.73 Å². The van der Waals surface area contributed by atoms with Crippen molar-refractivity contribution in [3.8, 4) is 0 Å². The van der Waals surface area contributed by atoms with Crippen LogP contribution in [0.4, 0.5) is 0 Å². The summed E-state index contributed by atoms with van der Waals surface area (Å²) < 4.78 is 0. The van der Waals surface area contributed by atoms with Crippen LogP contribution in [0.1, 0.15) is 95.6 Å². The van der Waals surface area contributed by atoms with Crippen LogP contribution in [0.5, 0.6) is 0 Å². The zero-order chi connectivity index (χ0) is 50.6. The molecule has 9 N–H and O–H groups in total. The molecule has 0 spiro atoms. The first-order valence-corrected chi connectivity index (χ1v) is 24.9. The maximum atomic E-state index is 15.0. The van der Waals surface area contributed by atoms with E-state index in [9.17, 15) is 38.4 Å². The molecule has 1 aromatic heterocycles. The second-order valence-corrected chi connectivity index (χ2v) is 18.9. The summed E-state index contributed by atoms with van der Waals surface area (Å²) in [7, 11) is 0. The summed E-state index contributed by atoms with van der Waals surface area (Å²) in [6.45, 7) is 3.63. The monoisotopic (exact) mass is 975 g/mol. The van der Waals surface area contributed by atoms with Gasteiger partial charge in [0.15, 0.2) is 0 Å². The number of hydrogen-bond donors (Lipinski definition) is 8. The van der Waals surface area contributed by atoms with Gasteiger partial charge in [0.25, 0.3) is 0 Å². The van der Waals surface area contributed by atoms with Gasteiger partial charge >= 0.3 is 0 Å². The molecule has 0 aliphatic carbocycles. The van der Waals surface area contributed by atoms with E-state index in [1.807, 2.05) is 73.7 Å². The molecule has 0 saturated carbocycles. The highest BCUT2D eigenvalue weighted by Crippen LogP contribution is 2.25. The van der Waals surface area contributed by atoms with E-state index in [-0.39, 0.29) is 58.2 Å². The molecular formula is C52H66N10O9. The molecule has 3 fully saturated rings. The van der Waals surface area contributed by atoms with E-state index >= 15 is 4.79 Å². The average molecular weight is 975 g/mol. The zero-order valence-electron chi connectivity index (χ0n) is 40.4. The van der Waals surface area contributed by atoms with Gasteiger partial charge in [-0.25, -0.2) is 0 Å². The van der Waals surface area contributed by atoms with Crippen molar-refractivity contribution in [2.45, 2.75) is 140 Å². The highest BCUT2D eigenvalue weighted by atomic mass is 16.2. The van der Waals surface area contributed by atoms with Crippen molar-refractivity contribution in [2.75, 3.05) is 19.6 Å². The van der Waals surface area contributed by atoms with Gasteiger partial charge in [0.2, 0.25) is 53.2 Å². The minimum Gasteiger partial charge on any atom is -0.368 e. The second-order valence-electron chi connectivity index (χ2n) is 18.9. The number of carbonyl (C=O) groups excluding carboxylic acids is 9. The summed E-state index contributed by atoms with van der Waals surface area (Å²) in [5.41, 5.74) is 8.09. The van der Waals surface area contributed by atoms with Gasteiger partial charge in [-0.05, 0) is 79.3 Å². The number of hydrogen-bond acceptors (Lipinski definition) is 9. The summed E-state index contributed by atoms with van der Waals surface area (Å²) in [6, 6.07) is 12.9. The lowest BCUT2D eigenvalue weighted by Crippen LogP contribution is -2.60. The molecule has 378 valence electrons. The lowest BCUT2D eigenvalue weighted by Gasteiger charge is -2.32. The summed E-state index contributed by atoms with van der Waals surface area (Å²) in [5, 5.41) is 19.4. The molecule has 4 aromatic rings. The number of nitrogens with zero attached hydrogens (tertiary/aromatic N) is 2. The van der Waals surface area contributed by atoms with Crippen LogP contribution in [0.25, 0.3) is 21.7 Å². The van der Waals surface area contributed by atoms with Gasteiger partial charge in [0.05, 0.1) is 6.42 Å². The van der Waals surface area contributed by atoms with Crippen LogP contribution >= 0.6 is 0 Å². The third-order valence-corrected chi connectivity index (χ3v) is 13.7. The number of aromatic nitrogens is 1. The van der Waals surface area contributed by atoms with Gasteiger partial charge in [-0.2, -0.15) is 0 Å². The van der Waals surface area contributed by atoms with Crippen molar-refractivity contribution in [3.63, 3.8) is 0 Å². The van der Waals surface area contributed by atoms with Crippen LogP contribution in [0, 0.1) is 0 Å². The van der Waals surface area contributed by atoms with E-state index in [0.29, 0.717) is 32.1 Å². The van der Waals surface area contributed by atoms with Crippen molar-refractivity contribution < 1.29 is 43.2 Å². The molecular weight excluding hydrogens is 909 g/mol. The number of nitrogens with one attached hydrogen (secondary N) is 7. The fourth-order valence-electron chi connectivity index (χ4n) is 9.99. The first-order chi connectivity index (χ1) is 34.2. The molecule has 0 unspecified atom stereocenters. The van der Waals surface area contributed by atoms with Crippen molar-refractivity contribution in [1.29, 1.82) is 0 Å². The molecule has 19 heteroatoms. The van der Waals surface area contributed by atoms with Gasteiger partial charge in [0.1, 0.15) is 42.3 Å². The molecule has 19 nitrogen and oxygen atoms in total. The predicted molar refractivity (Wildman–Crippen MR) is 265 cm³/mol. The Morgan fingerprint density at radius 2 is 1.42 bits per heavy atom. The maximum Gasteiger partial charge on any atom is 0.246 e. The summed E-state index contributed by atoms with van der Waals surface area (Å²) >= 11 is 0. The lowest BCUT2D eigenvalue weighted by molar-refractivity contribution is -0.145. The Bertz CT molecular complexity index is 2630. The van der Waals surface area contributed by atoms with Crippen molar-refractivity contribution in [2.24, 2.45) is 5.73 Å². The summed E-state index contributed by atoms with van der Waals surface area (Å²) in [6.07, 6.45) is 5.08. The molecule has 4 heterocycles. The fraction of sp³-hybridized carbons (Fsp3) is 0.481. The molecule has 3 saturated heterocycles. The van der Waals surface area contributed by atoms with E-state index in [0.717, 1.165) is 39.2 Å². The van der Waals surface area contributed by atoms with Crippen LogP contribution in [0.15, 0.2) is 72.9 Å². The van der Waals surface area contributed by atoms with E-state index in [2.05, 4.69) is 36.9 Å². The van der Waals surface area contributed by atoms with Crippen molar-refractivity contribution >= 4 is 74.8 Å². The third kappa shape index (κ3) is 13.1. The van der Waals surface area contributed by atoms with Gasteiger partial charge in [-0.1, -0.05) is 80.4 Å². The number of unbranched alkanes of at least 4 members (excludes halogenated alkanes) is 1. The molecule has 7 atom stereocenters. The summed E-state index contributed by atoms with van der Waals surface area (Å²) in [4.78, 5) is 131. The molecule has 9 amide bonds. The Balaban J connectivity index is 1.22. The standard InChI is InChI=1S/C52H66N10O9/c1-3-4-16-39(56-31(2)63)47(66)59-42-29-45(64)54-23-10-9-18-38(46(53)65)57-48(67)40(28-35-30-55-37-17-8-7-15-36(35)37)58-49(68)43-19-11-24-61(43)51(70)41(60-50(69)44-20-12-25-62(44)52(42)71)27-32-21-22-33-13-5-6-14-34(33)26-32/h5-8,13-15,17,21-22,26,30,38-44,55H,3-4,9-12,16,18-20,23-25,27-29H2,1-2H3,(H2,53,65)(H,54,64)(H,56,63)(H,57,67)(H,58,68)(H,59,66)(H,60,69)/t38-,39-,40-,41+,42-,43-,44+/m0/s1. The number of rotatable bonds is 11. The first-order valence-electron chi connectivity index (χ1n) is 24.9. The third-order valence-electron chi connectivity index (χ3n) is 13.7. The van der Waals surface area contributed by atoms with Gasteiger partial charge in [-0.3, -0.25) is 43.2 Å². The highest BCUT2D eigenvalue weighted by molar-refractivity contribution is 5.99. The van der Waals surface area contributed by atoms with Crippen LogP contribution in [0.3, 0.4) is 0 Å². The number of fused-ring (bicyclic) bond motifs is 4. The van der Waals surface area contributed by atoms with Gasteiger partial charge in [0, 0.05) is 56.5 Å². The highest BCUT2D eigenvalue weighted by Gasteiger charge is 2.43. The van der Waals surface area contributed by atoms with E-state index < -0.39 is 102 Å². The average Bonchev–Trinajstić information content (AvgIpc) is 4.14. The Kier molecular flexibility index (Phi) is 17.4. The molecule has 0 bridgehead atoms. The van der Waals surface area contributed by atoms with Crippen LogP contribution < -0.4 is 37.6 Å². The Labute approximate surface area is 412 Å². The van der Waals surface area contributed by atoms with E-state index in [1.54, 1.807) is 6.20 Å². The maximum absolute atomic E-state index is 15.0.